The van der Waals surface area contributed by atoms with E-state index in [0.29, 0.717) is 6.04 Å². The number of halogens is 1. The van der Waals surface area contributed by atoms with Gasteiger partial charge in [-0.25, -0.2) is 9.18 Å². The molecule has 0 aliphatic heterocycles. The van der Waals surface area contributed by atoms with Gasteiger partial charge in [-0.05, 0) is 72.7 Å². The standard InChI is InChI=1S/C29H31FN4O2/c1-19-23(17-33(2)32-19)18-34(13-12-22-16-31-27-15-24(30)7-9-25(22)27)28-10-6-21-14-20(4-8-26(21)28)5-11-29(35)36-3/h4-5,7-9,11,14-17,28,31H,6,10,12-13,18H2,1-3H3/b11-5+. The van der Waals surface area contributed by atoms with Gasteiger partial charge < -0.3 is 9.72 Å². The van der Waals surface area contributed by atoms with E-state index < -0.39 is 0 Å². The van der Waals surface area contributed by atoms with E-state index in [1.807, 2.05) is 24.0 Å². The summed E-state index contributed by atoms with van der Waals surface area (Å²) in [7, 11) is 3.34. The number of carbonyl (C=O) groups is 1. The van der Waals surface area contributed by atoms with Crippen LogP contribution >= 0.6 is 0 Å². The lowest BCUT2D eigenvalue weighted by Gasteiger charge is -2.29. The van der Waals surface area contributed by atoms with E-state index in [2.05, 4.69) is 46.3 Å². The van der Waals surface area contributed by atoms with Crippen molar-refractivity contribution in [3.63, 3.8) is 0 Å². The summed E-state index contributed by atoms with van der Waals surface area (Å²) < 4.78 is 20.2. The van der Waals surface area contributed by atoms with Crippen LogP contribution in [0, 0.1) is 12.7 Å². The Bertz CT molecular complexity index is 1430. The third kappa shape index (κ3) is 4.97. The van der Waals surface area contributed by atoms with Gasteiger partial charge in [-0.2, -0.15) is 5.10 Å². The number of benzene rings is 2. The zero-order chi connectivity index (χ0) is 25.2. The van der Waals surface area contributed by atoms with E-state index in [4.69, 9.17) is 4.74 Å². The number of fused-ring (bicyclic) bond motifs is 2. The maximum absolute atomic E-state index is 13.7. The normalized spacial score (nSPS) is 15.3. The number of nitrogens with zero attached hydrogens (tertiary/aromatic N) is 3. The van der Waals surface area contributed by atoms with Crippen molar-refractivity contribution in [1.29, 1.82) is 0 Å². The highest BCUT2D eigenvalue weighted by molar-refractivity contribution is 5.87. The van der Waals surface area contributed by atoms with Crippen LogP contribution in [0.3, 0.4) is 0 Å². The second-order valence-electron chi connectivity index (χ2n) is 9.51. The molecule has 6 nitrogen and oxygen atoms in total. The van der Waals surface area contributed by atoms with Crippen LogP contribution in [0.4, 0.5) is 4.39 Å². The molecule has 0 spiro atoms. The van der Waals surface area contributed by atoms with Crippen LogP contribution < -0.4 is 0 Å². The van der Waals surface area contributed by atoms with Gasteiger partial charge in [0.15, 0.2) is 0 Å². The van der Waals surface area contributed by atoms with Gasteiger partial charge in [0, 0.05) is 61.1 Å². The first kappa shape index (κ1) is 24.0. The number of H-pyrrole nitrogens is 1. The molecule has 2 aromatic heterocycles. The first-order valence-electron chi connectivity index (χ1n) is 12.3. The minimum absolute atomic E-state index is 0.229. The first-order chi connectivity index (χ1) is 17.4. The summed E-state index contributed by atoms with van der Waals surface area (Å²) in [5, 5.41) is 5.62. The fourth-order valence-electron chi connectivity index (χ4n) is 5.33. The van der Waals surface area contributed by atoms with Gasteiger partial charge in [-0.15, -0.1) is 0 Å². The summed E-state index contributed by atoms with van der Waals surface area (Å²) in [5.74, 6) is -0.584. The Morgan fingerprint density at radius 2 is 2.14 bits per heavy atom. The molecule has 0 fully saturated rings. The van der Waals surface area contributed by atoms with E-state index in [1.54, 1.807) is 12.1 Å². The van der Waals surface area contributed by atoms with E-state index >= 15 is 0 Å². The summed E-state index contributed by atoms with van der Waals surface area (Å²) in [6, 6.07) is 11.7. The van der Waals surface area contributed by atoms with E-state index in [1.165, 1.54) is 41.5 Å². The summed E-state index contributed by atoms with van der Waals surface area (Å²) in [4.78, 5) is 17.3. The molecule has 0 saturated carbocycles. The number of hydrogen-bond donors (Lipinski definition) is 1. The van der Waals surface area contributed by atoms with Crippen molar-refractivity contribution in [2.24, 2.45) is 7.05 Å². The molecule has 5 rings (SSSR count). The summed E-state index contributed by atoms with van der Waals surface area (Å²) in [6.45, 7) is 3.74. The predicted octanol–water partition coefficient (Wildman–Crippen LogP) is 5.27. The third-order valence-electron chi connectivity index (χ3n) is 7.15. The Balaban J connectivity index is 1.40. The molecule has 1 aliphatic rings. The van der Waals surface area contributed by atoms with Gasteiger partial charge in [-0.1, -0.05) is 18.2 Å². The van der Waals surface area contributed by atoms with Gasteiger partial charge in [-0.3, -0.25) is 9.58 Å². The minimum atomic E-state index is -0.355. The molecule has 0 bridgehead atoms. The number of hydrogen-bond acceptors (Lipinski definition) is 4. The fraction of sp³-hybridized carbons (Fsp3) is 0.310. The molecule has 2 heterocycles. The molecular weight excluding hydrogens is 455 g/mol. The Hall–Kier alpha value is -3.71. The van der Waals surface area contributed by atoms with Crippen LogP contribution in [0.2, 0.25) is 0 Å². The molecular formula is C29H31FN4O2. The van der Waals surface area contributed by atoms with Gasteiger partial charge in [0.25, 0.3) is 0 Å². The lowest BCUT2D eigenvalue weighted by Crippen LogP contribution is -2.29. The average Bonchev–Trinajstić information content (AvgIpc) is 3.56. The summed E-state index contributed by atoms with van der Waals surface area (Å²) in [6.07, 6.45) is 10.3. The second-order valence-corrected chi connectivity index (χ2v) is 9.51. The van der Waals surface area contributed by atoms with Crippen molar-refractivity contribution in [2.75, 3.05) is 13.7 Å². The van der Waals surface area contributed by atoms with Crippen LogP contribution in [-0.4, -0.2) is 39.3 Å². The summed E-state index contributed by atoms with van der Waals surface area (Å²) >= 11 is 0. The molecule has 1 aliphatic carbocycles. The topological polar surface area (TPSA) is 63.1 Å². The van der Waals surface area contributed by atoms with Crippen molar-refractivity contribution in [1.82, 2.24) is 19.7 Å². The van der Waals surface area contributed by atoms with E-state index in [-0.39, 0.29) is 11.8 Å². The monoisotopic (exact) mass is 486 g/mol. The predicted molar refractivity (Wildman–Crippen MR) is 139 cm³/mol. The minimum Gasteiger partial charge on any atom is -0.466 e. The van der Waals surface area contributed by atoms with Crippen LogP contribution in [-0.2, 0) is 36.0 Å². The molecule has 1 atom stereocenters. The quantitative estimate of drug-likeness (QED) is 0.272. The molecule has 186 valence electrons. The number of nitrogens with one attached hydrogen (secondary N) is 1. The first-order valence-corrected chi connectivity index (χ1v) is 12.3. The zero-order valence-corrected chi connectivity index (χ0v) is 20.9. The number of carbonyl (C=O) groups excluding carboxylic acids is 1. The molecule has 0 radical (unpaired) electrons. The third-order valence-corrected chi connectivity index (χ3v) is 7.15. The lowest BCUT2D eigenvalue weighted by molar-refractivity contribution is -0.134. The fourth-order valence-corrected chi connectivity index (χ4v) is 5.33. The number of rotatable bonds is 8. The summed E-state index contributed by atoms with van der Waals surface area (Å²) in [5.41, 5.74) is 7.96. The average molecular weight is 487 g/mol. The second kappa shape index (κ2) is 10.1. The van der Waals surface area contributed by atoms with Crippen LogP contribution in [0.25, 0.3) is 17.0 Å². The van der Waals surface area contributed by atoms with Crippen molar-refractivity contribution < 1.29 is 13.9 Å². The van der Waals surface area contributed by atoms with Crippen LogP contribution in [0.15, 0.2) is 54.9 Å². The van der Waals surface area contributed by atoms with Gasteiger partial charge in [0.1, 0.15) is 5.82 Å². The van der Waals surface area contributed by atoms with Crippen LogP contribution in [0.5, 0.6) is 0 Å². The van der Waals surface area contributed by atoms with E-state index in [0.717, 1.165) is 54.5 Å². The van der Waals surface area contributed by atoms with Crippen molar-refractivity contribution in [3.8, 4) is 0 Å². The van der Waals surface area contributed by atoms with Gasteiger partial charge >= 0.3 is 5.97 Å². The lowest BCUT2D eigenvalue weighted by atomic mass is 10.0. The highest BCUT2D eigenvalue weighted by Gasteiger charge is 2.29. The molecule has 4 aromatic rings. The molecule has 0 amide bonds. The molecule has 0 saturated heterocycles. The number of esters is 1. The Morgan fingerprint density at radius 1 is 1.28 bits per heavy atom. The largest absolute Gasteiger partial charge is 0.466 e. The molecule has 36 heavy (non-hydrogen) atoms. The number of aryl methyl sites for hydroxylation is 3. The highest BCUT2D eigenvalue weighted by Crippen LogP contribution is 2.38. The molecule has 2 aromatic carbocycles. The van der Waals surface area contributed by atoms with Gasteiger partial charge in [0.2, 0.25) is 0 Å². The molecule has 1 unspecified atom stereocenters. The van der Waals surface area contributed by atoms with Crippen molar-refractivity contribution in [3.05, 3.63) is 94.2 Å². The van der Waals surface area contributed by atoms with Crippen molar-refractivity contribution >= 4 is 22.9 Å². The van der Waals surface area contributed by atoms with E-state index in [9.17, 15) is 9.18 Å². The number of methoxy groups -OCH3 is 1. The molecule has 7 heteroatoms. The Kier molecular flexibility index (Phi) is 6.74. The smallest absolute Gasteiger partial charge is 0.330 e. The Morgan fingerprint density at radius 3 is 2.92 bits per heavy atom. The number of aromatic amines is 1. The number of ether oxygens (including phenoxy) is 1. The Labute approximate surface area is 210 Å². The highest BCUT2D eigenvalue weighted by atomic mass is 19.1. The maximum Gasteiger partial charge on any atom is 0.330 e. The zero-order valence-electron chi connectivity index (χ0n) is 20.9. The number of aromatic nitrogens is 3. The van der Waals surface area contributed by atoms with Crippen molar-refractivity contribution in [2.45, 2.75) is 38.8 Å². The van der Waals surface area contributed by atoms with Crippen LogP contribution in [0.1, 0.15) is 46.0 Å². The maximum atomic E-state index is 13.7. The molecule has 1 N–H and O–H groups in total. The van der Waals surface area contributed by atoms with Gasteiger partial charge in [0.05, 0.1) is 12.8 Å². The SMILES string of the molecule is COC(=O)/C=C/c1ccc2c(c1)CCC2N(CCc1c[nH]c2cc(F)ccc12)Cc1cn(C)nc1C.